The molecule has 0 heterocycles. The number of hydrogen-bond donors (Lipinski definition) is 1. The molecule has 0 saturated heterocycles. The molecule has 0 aromatic heterocycles. The predicted octanol–water partition coefficient (Wildman–Crippen LogP) is 1.98. The first-order chi connectivity index (χ1) is 8.47. The summed E-state index contributed by atoms with van der Waals surface area (Å²) in [4.78, 5) is 13.6. The molecular formula is C14H18FNO2. The van der Waals surface area contributed by atoms with Crippen molar-refractivity contribution in [2.45, 2.75) is 25.9 Å². The molecule has 1 aromatic rings. The van der Waals surface area contributed by atoms with Crippen LogP contribution in [0.25, 0.3) is 0 Å². The van der Waals surface area contributed by atoms with Crippen molar-refractivity contribution in [3.8, 4) is 0 Å². The van der Waals surface area contributed by atoms with Crippen LogP contribution in [0.2, 0.25) is 0 Å². The third-order valence-electron chi connectivity index (χ3n) is 3.44. The van der Waals surface area contributed by atoms with Crippen molar-refractivity contribution in [2.24, 2.45) is 5.92 Å². The van der Waals surface area contributed by atoms with Crippen molar-refractivity contribution < 1.29 is 14.3 Å². The van der Waals surface area contributed by atoms with Gasteiger partial charge in [-0.2, -0.15) is 0 Å². The van der Waals surface area contributed by atoms with Crippen LogP contribution < -0.4 is 0 Å². The maximum atomic E-state index is 13.7. The molecular weight excluding hydrogens is 233 g/mol. The van der Waals surface area contributed by atoms with Crippen LogP contribution in [0.5, 0.6) is 0 Å². The van der Waals surface area contributed by atoms with E-state index in [2.05, 4.69) is 0 Å². The Morgan fingerprint density at radius 3 is 2.72 bits per heavy atom. The second kappa shape index (κ2) is 5.06. The Labute approximate surface area is 106 Å². The van der Waals surface area contributed by atoms with Gasteiger partial charge in [-0.25, -0.2) is 4.39 Å². The van der Waals surface area contributed by atoms with E-state index in [0.29, 0.717) is 12.5 Å². The molecule has 4 heteroatoms. The minimum Gasteiger partial charge on any atom is -0.393 e. The van der Waals surface area contributed by atoms with Gasteiger partial charge in [0, 0.05) is 13.6 Å². The van der Waals surface area contributed by atoms with E-state index < -0.39 is 5.82 Å². The number of rotatable bonds is 3. The lowest BCUT2D eigenvalue weighted by Crippen LogP contribution is -2.39. The summed E-state index contributed by atoms with van der Waals surface area (Å²) in [5.41, 5.74) is 0.914. The van der Waals surface area contributed by atoms with E-state index in [9.17, 15) is 14.3 Å². The highest BCUT2D eigenvalue weighted by Crippen LogP contribution is 2.28. The highest BCUT2D eigenvalue weighted by atomic mass is 19.1. The molecule has 0 spiro atoms. The number of aliphatic hydroxyl groups is 1. The zero-order valence-electron chi connectivity index (χ0n) is 10.7. The first-order valence-corrected chi connectivity index (χ1v) is 6.17. The van der Waals surface area contributed by atoms with Crippen LogP contribution in [0.1, 0.15) is 28.8 Å². The number of aliphatic hydroxyl groups excluding tert-OH is 1. The molecule has 0 atom stereocenters. The highest BCUT2D eigenvalue weighted by molar-refractivity contribution is 5.94. The number of carbonyl (C=O) groups excluding carboxylic acids is 1. The maximum absolute atomic E-state index is 13.7. The topological polar surface area (TPSA) is 40.5 Å². The van der Waals surface area contributed by atoms with E-state index in [-0.39, 0.29) is 17.6 Å². The van der Waals surface area contributed by atoms with Gasteiger partial charge in [-0.15, -0.1) is 0 Å². The molecule has 98 valence electrons. The molecule has 1 aromatic carbocycles. The van der Waals surface area contributed by atoms with Crippen LogP contribution in [0, 0.1) is 18.7 Å². The monoisotopic (exact) mass is 251 g/mol. The molecule has 18 heavy (non-hydrogen) atoms. The number of benzene rings is 1. The third-order valence-corrected chi connectivity index (χ3v) is 3.44. The second-order valence-electron chi connectivity index (χ2n) is 5.16. The maximum Gasteiger partial charge on any atom is 0.256 e. The average Bonchev–Trinajstić information content (AvgIpc) is 2.26. The van der Waals surface area contributed by atoms with Gasteiger partial charge in [0.1, 0.15) is 5.82 Å². The summed E-state index contributed by atoms with van der Waals surface area (Å²) in [5.74, 6) is -0.433. The van der Waals surface area contributed by atoms with Gasteiger partial charge >= 0.3 is 0 Å². The smallest absolute Gasteiger partial charge is 0.256 e. The van der Waals surface area contributed by atoms with Crippen LogP contribution in [0.15, 0.2) is 18.2 Å². The standard InChI is InChI=1S/C14H18FNO2/c1-9-3-4-12(13(15)5-9)14(18)16(2)8-10-6-11(17)7-10/h3-5,10-11,17H,6-8H2,1-2H3. The lowest BCUT2D eigenvalue weighted by atomic mass is 9.82. The van der Waals surface area contributed by atoms with Crippen molar-refractivity contribution in [3.63, 3.8) is 0 Å². The molecule has 2 rings (SSSR count). The third kappa shape index (κ3) is 2.70. The van der Waals surface area contributed by atoms with Gasteiger partial charge in [-0.05, 0) is 43.4 Å². The molecule has 0 radical (unpaired) electrons. The number of nitrogens with zero attached hydrogens (tertiary/aromatic N) is 1. The fourth-order valence-corrected chi connectivity index (χ4v) is 2.32. The molecule has 0 unspecified atom stereocenters. The van der Waals surface area contributed by atoms with Crippen LogP contribution in [-0.4, -0.2) is 35.6 Å². The number of amides is 1. The van der Waals surface area contributed by atoms with Crippen molar-refractivity contribution >= 4 is 5.91 Å². The number of halogens is 1. The van der Waals surface area contributed by atoms with Crippen LogP contribution in [0.3, 0.4) is 0 Å². The predicted molar refractivity (Wildman–Crippen MR) is 66.8 cm³/mol. The van der Waals surface area contributed by atoms with Crippen molar-refractivity contribution in [2.75, 3.05) is 13.6 Å². The molecule has 0 aliphatic heterocycles. The number of carbonyl (C=O) groups is 1. The summed E-state index contributed by atoms with van der Waals surface area (Å²) in [7, 11) is 1.67. The van der Waals surface area contributed by atoms with Gasteiger partial charge in [0.05, 0.1) is 11.7 Å². The SMILES string of the molecule is Cc1ccc(C(=O)N(C)CC2CC(O)C2)c(F)c1. The average molecular weight is 251 g/mol. The Balaban J connectivity index is 2.01. The Bertz CT molecular complexity index is 455. The Hall–Kier alpha value is -1.42. The van der Waals surface area contributed by atoms with E-state index in [1.54, 1.807) is 20.0 Å². The number of hydrogen-bond acceptors (Lipinski definition) is 2. The van der Waals surface area contributed by atoms with Crippen molar-refractivity contribution in [1.29, 1.82) is 0 Å². The number of aryl methyl sites for hydroxylation is 1. The largest absolute Gasteiger partial charge is 0.393 e. The lowest BCUT2D eigenvalue weighted by molar-refractivity contribution is 0.0264. The van der Waals surface area contributed by atoms with Gasteiger partial charge in [-0.3, -0.25) is 4.79 Å². The van der Waals surface area contributed by atoms with Crippen LogP contribution in [0.4, 0.5) is 4.39 Å². The summed E-state index contributed by atoms with van der Waals surface area (Å²) in [6, 6.07) is 4.63. The van der Waals surface area contributed by atoms with E-state index >= 15 is 0 Å². The Morgan fingerprint density at radius 2 is 2.17 bits per heavy atom. The summed E-state index contributed by atoms with van der Waals surface area (Å²) >= 11 is 0. The van der Waals surface area contributed by atoms with Gasteiger partial charge < -0.3 is 10.0 Å². The summed E-state index contributed by atoms with van der Waals surface area (Å²) < 4.78 is 13.7. The highest BCUT2D eigenvalue weighted by Gasteiger charge is 2.29. The minimum absolute atomic E-state index is 0.114. The summed E-state index contributed by atoms with van der Waals surface area (Å²) in [6.45, 7) is 2.36. The molecule has 3 nitrogen and oxygen atoms in total. The Morgan fingerprint density at radius 1 is 1.50 bits per heavy atom. The normalized spacial score (nSPS) is 22.4. The van der Waals surface area contributed by atoms with E-state index in [0.717, 1.165) is 18.4 Å². The first-order valence-electron chi connectivity index (χ1n) is 6.17. The zero-order valence-corrected chi connectivity index (χ0v) is 10.7. The molecule has 1 aliphatic rings. The summed E-state index contributed by atoms with van der Waals surface area (Å²) in [5, 5.41) is 9.20. The molecule has 1 saturated carbocycles. The minimum atomic E-state index is -0.472. The van der Waals surface area contributed by atoms with Crippen LogP contribution >= 0.6 is 0 Å². The molecule has 0 bridgehead atoms. The quantitative estimate of drug-likeness (QED) is 0.892. The van der Waals surface area contributed by atoms with Gasteiger partial charge in [0.2, 0.25) is 0 Å². The summed E-state index contributed by atoms with van der Waals surface area (Å²) in [6.07, 6.45) is 1.23. The van der Waals surface area contributed by atoms with Gasteiger partial charge in [-0.1, -0.05) is 6.07 Å². The van der Waals surface area contributed by atoms with Crippen molar-refractivity contribution in [3.05, 3.63) is 35.1 Å². The van der Waals surface area contributed by atoms with Crippen molar-refractivity contribution in [1.82, 2.24) is 4.90 Å². The lowest BCUT2D eigenvalue weighted by Gasteiger charge is -2.34. The van der Waals surface area contributed by atoms with Crippen LogP contribution in [-0.2, 0) is 0 Å². The molecule has 1 fully saturated rings. The van der Waals surface area contributed by atoms with Gasteiger partial charge in [0.25, 0.3) is 5.91 Å². The fourth-order valence-electron chi connectivity index (χ4n) is 2.32. The molecule has 1 aliphatic carbocycles. The Kier molecular flexibility index (Phi) is 3.66. The molecule has 1 amide bonds. The second-order valence-corrected chi connectivity index (χ2v) is 5.16. The van der Waals surface area contributed by atoms with E-state index in [1.807, 2.05) is 0 Å². The fraction of sp³-hybridized carbons (Fsp3) is 0.500. The van der Waals surface area contributed by atoms with E-state index in [1.165, 1.54) is 17.0 Å². The van der Waals surface area contributed by atoms with E-state index in [4.69, 9.17) is 0 Å². The van der Waals surface area contributed by atoms with Gasteiger partial charge in [0.15, 0.2) is 0 Å². The molecule has 1 N–H and O–H groups in total. The first kappa shape index (κ1) is 13.0. The zero-order chi connectivity index (χ0) is 13.3.